The molecule has 13 heavy (non-hydrogen) atoms. The molecule has 0 bridgehead atoms. The molecule has 1 atom stereocenters. The lowest BCUT2D eigenvalue weighted by Gasteiger charge is -2.06. The van der Waals surface area contributed by atoms with Crippen LogP contribution in [0.15, 0.2) is 24.3 Å². The van der Waals surface area contributed by atoms with Crippen LogP contribution in [0, 0.1) is 0 Å². The molecule has 5 heteroatoms. The first-order chi connectivity index (χ1) is 5.63. The average Bonchev–Trinajstić information content (AvgIpc) is 2.04. The van der Waals surface area contributed by atoms with Crippen molar-refractivity contribution in [3.8, 4) is 5.75 Å². The number of hydrogen-bond donors (Lipinski definition) is 3. The van der Waals surface area contributed by atoms with Gasteiger partial charge in [-0.05, 0) is 6.07 Å². The minimum absolute atomic E-state index is 0. The number of rotatable bonds is 2. The molecule has 0 heterocycles. The van der Waals surface area contributed by atoms with Gasteiger partial charge >= 0.3 is 5.97 Å². The van der Waals surface area contributed by atoms with Gasteiger partial charge in [-0.3, -0.25) is 0 Å². The van der Waals surface area contributed by atoms with E-state index in [0.29, 0.717) is 0 Å². The van der Waals surface area contributed by atoms with Crippen molar-refractivity contribution in [3.05, 3.63) is 29.8 Å². The van der Waals surface area contributed by atoms with Gasteiger partial charge in [-0.15, -0.1) is 0 Å². The minimum Gasteiger partial charge on any atom is -0.508 e. The topological polar surface area (TPSA) is 109 Å². The summed E-state index contributed by atoms with van der Waals surface area (Å²) in [7, 11) is 0. The molecule has 72 valence electrons. The number of carboxylic acids is 1. The van der Waals surface area contributed by atoms with Gasteiger partial charge in [-0.25, -0.2) is 4.79 Å². The number of phenols is 1. The van der Waals surface area contributed by atoms with E-state index in [1.165, 1.54) is 12.1 Å². The summed E-state index contributed by atoms with van der Waals surface area (Å²) < 4.78 is 0. The minimum atomic E-state index is -1.66. The number of aliphatic hydroxyl groups excluding tert-OH is 1. The van der Waals surface area contributed by atoms with Crippen molar-refractivity contribution in [1.29, 1.82) is 0 Å². The Balaban J connectivity index is 0.00000144. The van der Waals surface area contributed by atoms with E-state index in [2.05, 4.69) is 0 Å². The Morgan fingerprint density at radius 3 is 2.31 bits per heavy atom. The Kier molecular flexibility index (Phi) is 3.90. The number of benzene rings is 1. The Morgan fingerprint density at radius 2 is 1.85 bits per heavy atom. The summed E-state index contributed by atoms with van der Waals surface area (Å²) in [5.74, 6) is -1.59. The molecule has 0 amide bonds. The Hall–Kier alpha value is -1.59. The first-order valence-electron chi connectivity index (χ1n) is 3.31. The zero-order valence-electron chi connectivity index (χ0n) is 6.64. The van der Waals surface area contributed by atoms with Gasteiger partial charge in [0.05, 0.1) is 0 Å². The van der Waals surface area contributed by atoms with Crippen LogP contribution in [0.2, 0.25) is 0 Å². The summed E-state index contributed by atoms with van der Waals surface area (Å²) >= 11 is 0. The molecule has 0 aromatic heterocycles. The summed E-state index contributed by atoms with van der Waals surface area (Å²) in [5, 5.41) is 26.5. The number of aliphatic hydroxyl groups is 1. The quantitative estimate of drug-likeness (QED) is 0.588. The second-order valence-electron chi connectivity index (χ2n) is 2.30. The normalized spacial score (nSPS) is 11.5. The van der Waals surface area contributed by atoms with Gasteiger partial charge in [0.25, 0.3) is 0 Å². The fraction of sp³-hybridized carbons (Fsp3) is 0.125. The number of carbonyl (C=O) groups is 1. The molecular formula is C8H10O5. The van der Waals surface area contributed by atoms with Crippen molar-refractivity contribution in [3.63, 3.8) is 0 Å². The summed E-state index contributed by atoms with van der Waals surface area (Å²) in [6, 6.07) is 5.77. The van der Waals surface area contributed by atoms with Crippen molar-refractivity contribution in [1.82, 2.24) is 0 Å². The standard InChI is InChI=1S/C8H8O4.H2O/c9-6-4-2-1-3-5(6)7(10)8(11)12;/h1-4,7,9-10H,(H,11,12);1H2/t7-;/m1./s1. The smallest absolute Gasteiger partial charge is 0.337 e. The fourth-order valence-electron chi connectivity index (χ4n) is 0.852. The summed E-state index contributed by atoms with van der Waals surface area (Å²) in [6.07, 6.45) is -1.66. The lowest BCUT2D eigenvalue weighted by molar-refractivity contribution is -0.147. The van der Waals surface area contributed by atoms with Crippen LogP contribution in [0.1, 0.15) is 11.7 Å². The molecule has 5 N–H and O–H groups in total. The predicted octanol–water partition coefficient (Wildman–Crippen LogP) is -0.314. The molecule has 0 aliphatic carbocycles. The highest BCUT2D eigenvalue weighted by Crippen LogP contribution is 2.23. The Labute approximate surface area is 74.2 Å². The van der Waals surface area contributed by atoms with Crippen LogP contribution < -0.4 is 0 Å². The lowest BCUT2D eigenvalue weighted by atomic mass is 10.1. The van der Waals surface area contributed by atoms with Crippen LogP contribution in [0.4, 0.5) is 0 Å². The third kappa shape index (κ3) is 2.43. The van der Waals surface area contributed by atoms with Crippen LogP contribution >= 0.6 is 0 Å². The first-order valence-corrected chi connectivity index (χ1v) is 3.31. The Bertz CT molecular complexity index is 296. The van der Waals surface area contributed by atoms with Crippen molar-refractivity contribution >= 4 is 5.97 Å². The maximum Gasteiger partial charge on any atom is 0.337 e. The van der Waals surface area contributed by atoms with Crippen molar-refractivity contribution in [2.24, 2.45) is 0 Å². The first kappa shape index (κ1) is 11.4. The molecule has 1 rings (SSSR count). The highest BCUT2D eigenvalue weighted by molar-refractivity contribution is 5.75. The fourth-order valence-corrected chi connectivity index (χ4v) is 0.852. The number of hydrogen-bond acceptors (Lipinski definition) is 3. The van der Waals surface area contributed by atoms with Gasteiger partial charge in [-0.2, -0.15) is 0 Å². The second-order valence-corrected chi connectivity index (χ2v) is 2.30. The van der Waals surface area contributed by atoms with Gasteiger partial charge in [0.2, 0.25) is 0 Å². The SMILES string of the molecule is O.O=C(O)[C@H](O)c1ccccc1O. The highest BCUT2D eigenvalue weighted by Gasteiger charge is 2.18. The molecule has 1 aromatic carbocycles. The molecule has 0 spiro atoms. The van der Waals surface area contributed by atoms with E-state index in [9.17, 15) is 4.79 Å². The third-order valence-corrected chi connectivity index (χ3v) is 1.47. The molecule has 0 radical (unpaired) electrons. The highest BCUT2D eigenvalue weighted by atomic mass is 16.4. The maximum atomic E-state index is 10.3. The van der Waals surface area contributed by atoms with Crippen LogP contribution in [0.5, 0.6) is 5.75 Å². The van der Waals surface area contributed by atoms with Crippen molar-refractivity contribution in [2.45, 2.75) is 6.10 Å². The second kappa shape index (κ2) is 4.44. The van der Waals surface area contributed by atoms with Crippen molar-refractivity contribution < 1.29 is 25.6 Å². The largest absolute Gasteiger partial charge is 0.508 e. The molecule has 0 unspecified atom stereocenters. The molecular weight excluding hydrogens is 176 g/mol. The number of carboxylic acid groups (broad SMARTS) is 1. The molecule has 1 aromatic rings. The van der Waals surface area contributed by atoms with Crippen LogP contribution in [0.25, 0.3) is 0 Å². The number of aliphatic carboxylic acids is 1. The summed E-state index contributed by atoms with van der Waals surface area (Å²) in [6.45, 7) is 0. The number of para-hydroxylation sites is 1. The van der Waals surface area contributed by atoms with Crippen LogP contribution in [0.3, 0.4) is 0 Å². The molecule has 5 nitrogen and oxygen atoms in total. The summed E-state index contributed by atoms with van der Waals surface area (Å²) in [4.78, 5) is 10.3. The number of phenolic OH excluding ortho intramolecular Hbond substituents is 1. The average molecular weight is 186 g/mol. The monoisotopic (exact) mass is 186 g/mol. The van der Waals surface area contributed by atoms with E-state index in [1.54, 1.807) is 12.1 Å². The van der Waals surface area contributed by atoms with Gasteiger partial charge < -0.3 is 20.8 Å². The Morgan fingerprint density at radius 1 is 1.31 bits per heavy atom. The van der Waals surface area contributed by atoms with Crippen molar-refractivity contribution in [2.75, 3.05) is 0 Å². The number of aromatic hydroxyl groups is 1. The van der Waals surface area contributed by atoms with E-state index in [-0.39, 0.29) is 16.8 Å². The zero-order chi connectivity index (χ0) is 9.14. The molecule has 0 saturated heterocycles. The van der Waals surface area contributed by atoms with Gasteiger partial charge in [0, 0.05) is 5.56 Å². The van der Waals surface area contributed by atoms with E-state index < -0.39 is 12.1 Å². The van der Waals surface area contributed by atoms with Gasteiger partial charge in [0.1, 0.15) is 5.75 Å². The van der Waals surface area contributed by atoms with Crippen LogP contribution in [-0.2, 0) is 4.79 Å². The van der Waals surface area contributed by atoms with E-state index in [1.807, 2.05) is 0 Å². The molecule has 0 aliphatic rings. The summed E-state index contributed by atoms with van der Waals surface area (Å²) in [5.41, 5.74) is 0.00463. The van der Waals surface area contributed by atoms with E-state index in [0.717, 1.165) is 0 Å². The molecule has 0 fully saturated rings. The predicted molar refractivity (Wildman–Crippen MR) is 44.3 cm³/mol. The van der Waals surface area contributed by atoms with E-state index >= 15 is 0 Å². The lowest BCUT2D eigenvalue weighted by Crippen LogP contribution is -2.10. The van der Waals surface area contributed by atoms with Crippen LogP contribution in [-0.4, -0.2) is 26.8 Å². The van der Waals surface area contributed by atoms with Gasteiger partial charge in [0.15, 0.2) is 6.10 Å². The maximum absolute atomic E-state index is 10.3. The van der Waals surface area contributed by atoms with Gasteiger partial charge in [-0.1, -0.05) is 18.2 Å². The van der Waals surface area contributed by atoms with E-state index in [4.69, 9.17) is 15.3 Å². The third-order valence-electron chi connectivity index (χ3n) is 1.47. The zero-order valence-corrected chi connectivity index (χ0v) is 6.64. The molecule has 0 aliphatic heterocycles. The molecule has 0 saturated carbocycles.